The monoisotopic (exact) mass is 331 g/mol. The van der Waals surface area contributed by atoms with E-state index >= 15 is 0 Å². The lowest BCUT2D eigenvalue weighted by atomic mass is 10.1. The predicted molar refractivity (Wildman–Crippen MR) is 91.8 cm³/mol. The van der Waals surface area contributed by atoms with Gasteiger partial charge in [0.25, 0.3) is 10.0 Å². The number of aryl methyl sites for hydroxylation is 1. The van der Waals surface area contributed by atoms with Gasteiger partial charge >= 0.3 is 0 Å². The summed E-state index contributed by atoms with van der Waals surface area (Å²) in [6.45, 7) is 3.38. The number of hydrogen-bond donors (Lipinski definition) is 0. The zero-order valence-electron chi connectivity index (χ0n) is 13.4. The smallest absolute Gasteiger partial charge is 0.270 e. The van der Waals surface area contributed by atoms with E-state index in [2.05, 4.69) is 6.92 Å². The number of anilines is 1. The van der Waals surface area contributed by atoms with Crippen molar-refractivity contribution in [1.82, 2.24) is 0 Å². The molecule has 0 spiro atoms. The Morgan fingerprint density at radius 1 is 1.00 bits per heavy atom. The summed E-state index contributed by atoms with van der Waals surface area (Å²) in [6, 6.07) is 15.1. The maximum atomic E-state index is 12.7. The Balaban J connectivity index is 2.37. The molecule has 0 bridgehead atoms. The molecule has 0 saturated heterocycles. The van der Waals surface area contributed by atoms with E-state index in [1.54, 1.807) is 30.3 Å². The maximum absolute atomic E-state index is 12.7. The van der Waals surface area contributed by atoms with Crippen molar-refractivity contribution in [3.05, 3.63) is 60.2 Å². The van der Waals surface area contributed by atoms with Crippen molar-refractivity contribution in [2.45, 2.75) is 38.0 Å². The van der Waals surface area contributed by atoms with Crippen molar-refractivity contribution < 1.29 is 13.2 Å². The number of unbranched alkanes of at least 4 members (excludes halogenated alkanes) is 1. The highest BCUT2D eigenvalue weighted by Gasteiger charge is 2.28. The average molecular weight is 331 g/mol. The largest absolute Gasteiger partial charge is 0.274 e. The molecule has 4 nitrogen and oxygen atoms in total. The fraction of sp³-hybridized carbons (Fsp3) is 0.278. The van der Waals surface area contributed by atoms with Crippen molar-refractivity contribution >= 4 is 21.6 Å². The molecule has 0 aliphatic carbocycles. The number of sulfonamides is 1. The first-order chi connectivity index (χ1) is 11.0. The Kier molecular flexibility index (Phi) is 5.55. The molecule has 5 heteroatoms. The Bertz CT molecular complexity index is 753. The summed E-state index contributed by atoms with van der Waals surface area (Å²) < 4.78 is 26.3. The lowest BCUT2D eigenvalue weighted by molar-refractivity contribution is -0.115. The summed E-state index contributed by atoms with van der Waals surface area (Å²) in [4.78, 5) is 12.1. The van der Waals surface area contributed by atoms with Crippen LogP contribution in [0.15, 0.2) is 59.5 Å². The van der Waals surface area contributed by atoms with Gasteiger partial charge in [-0.15, -0.1) is 0 Å². The third-order valence-electron chi connectivity index (χ3n) is 3.56. The van der Waals surface area contributed by atoms with Crippen LogP contribution in [0.1, 0.15) is 32.3 Å². The molecule has 0 fully saturated rings. The van der Waals surface area contributed by atoms with E-state index in [1.165, 1.54) is 19.1 Å². The molecule has 0 N–H and O–H groups in total. The SMILES string of the molecule is CCCCc1ccc(N(C(C)=O)S(=O)(=O)c2ccccc2)cc1. The number of carbonyl (C=O) groups excluding carboxylic acids is 1. The first-order valence-electron chi connectivity index (χ1n) is 7.66. The van der Waals surface area contributed by atoms with Crippen LogP contribution in [0.5, 0.6) is 0 Å². The summed E-state index contributed by atoms with van der Waals surface area (Å²) in [6.07, 6.45) is 3.13. The molecule has 0 aromatic heterocycles. The van der Waals surface area contributed by atoms with E-state index < -0.39 is 15.9 Å². The minimum atomic E-state index is -3.90. The molecular formula is C18H21NO3S. The fourth-order valence-corrected chi connectivity index (χ4v) is 3.82. The summed E-state index contributed by atoms with van der Waals surface area (Å²) in [7, 11) is -3.90. The number of rotatable bonds is 6. The molecule has 0 atom stereocenters. The van der Waals surface area contributed by atoms with Crippen molar-refractivity contribution in [1.29, 1.82) is 0 Å². The van der Waals surface area contributed by atoms with Crippen molar-refractivity contribution in [3.8, 4) is 0 Å². The Morgan fingerprint density at radius 3 is 2.13 bits per heavy atom. The normalized spacial score (nSPS) is 11.2. The van der Waals surface area contributed by atoms with Gasteiger partial charge < -0.3 is 0 Å². The van der Waals surface area contributed by atoms with Crippen LogP contribution in [0, 0.1) is 0 Å². The molecule has 1 amide bonds. The minimum Gasteiger partial charge on any atom is -0.274 e. The number of nitrogens with zero attached hydrogens (tertiary/aromatic N) is 1. The van der Waals surface area contributed by atoms with Gasteiger partial charge in [-0.05, 0) is 42.7 Å². The summed E-state index contributed by atoms with van der Waals surface area (Å²) >= 11 is 0. The van der Waals surface area contributed by atoms with Gasteiger partial charge in [0.15, 0.2) is 0 Å². The number of hydrogen-bond acceptors (Lipinski definition) is 3. The zero-order chi connectivity index (χ0) is 16.9. The standard InChI is InChI=1S/C18H21NO3S/c1-3-4-8-16-11-13-17(14-12-16)19(15(2)20)23(21,22)18-9-6-5-7-10-18/h5-7,9-14H,3-4,8H2,1-2H3. The minimum absolute atomic E-state index is 0.102. The van der Waals surface area contributed by atoms with E-state index in [9.17, 15) is 13.2 Å². The van der Waals surface area contributed by atoms with Gasteiger partial charge in [-0.2, -0.15) is 0 Å². The quantitative estimate of drug-likeness (QED) is 0.809. The van der Waals surface area contributed by atoms with E-state index in [0.717, 1.165) is 29.1 Å². The van der Waals surface area contributed by atoms with Crippen LogP contribution >= 0.6 is 0 Å². The fourth-order valence-electron chi connectivity index (χ4n) is 2.37. The first-order valence-corrected chi connectivity index (χ1v) is 9.10. The van der Waals surface area contributed by atoms with E-state index in [1.807, 2.05) is 12.1 Å². The molecule has 2 aromatic rings. The van der Waals surface area contributed by atoms with Crippen molar-refractivity contribution in [3.63, 3.8) is 0 Å². The van der Waals surface area contributed by atoms with E-state index in [0.29, 0.717) is 5.69 Å². The maximum Gasteiger partial charge on any atom is 0.270 e. The van der Waals surface area contributed by atoms with Gasteiger partial charge in [-0.3, -0.25) is 4.79 Å². The molecule has 2 aromatic carbocycles. The molecular weight excluding hydrogens is 310 g/mol. The van der Waals surface area contributed by atoms with Gasteiger partial charge in [0.05, 0.1) is 10.6 Å². The van der Waals surface area contributed by atoms with Gasteiger partial charge in [-0.25, -0.2) is 12.7 Å². The van der Waals surface area contributed by atoms with Gasteiger partial charge in [0.1, 0.15) is 0 Å². The zero-order valence-corrected chi connectivity index (χ0v) is 14.2. The number of amides is 1. The van der Waals surface area contributed by atoms with Crippen molar-refractivity contribution in [2.24, 2.45) is 0 Å². The topological polar surface area (TPSA) is 54.5 Å². The third-order valence-corrected chi connectivity index (χ3v) is 5.37. The Hall–Kier alpha value is -2.14. The number of carbonyl (C=O) groups is 1. The molecule has 23 heavy (non-hydrogen) atoms. The molecule has 0 aliphatic rings. The highest BCUT2D eigenvalue weighted by Crippen LogP contribution is 2.24. The van der Waals surface area contributed by atoms with E-state index in [4.69, 9.17) is 0 Å². The van der Waals surface area contributed by atoms with Crippen LogP contribution in [0.3, 0.4) is 0 Å². The third kappa shape index (κ3) is 3.99. The molecule has 0 heterocycles. The van der Waals surface area contributed by atoms with Crippen LogP contribution in [0.25, 0.3) is 0 Å². The lowest BCUT2D eigenvalue weighted by Crippen LogP contribution is -2.35. The van der Waals surface area contributed by atoms with Crippen LogP contribution in [0.2, 0.25) is 0 Å². The second kappa shape index (κ2) is 7.42. The van der Waals surface area contributed by atoms with Crippen LogP contribution in [-0.4, -0.2) is 14.3 Å². The molecule has 0 aliphatic heterocycles. The highest BCUT2D eigenvalue weighted by molar-refractivity contribution is 7.93. The number of benzene rings is 2. The summed E-state index contributed by atoms with van der Waals surface area (Å²) in [5.41, 5.74) is 1.50. The van der Waals surface area contributed by atoms with Gasteiger partial charge in [0.2, 0.25) is 5.91 Å². The second-order valence-corrected chi connectivity index (χ2v) is 7.16. The van der Waals surface area contributed by atoms with Crippen molar-refractivity contribution in [2.75, 3.05) is 4.31 Å². The average Bonchev–Trinajstić information content (AvgIpc) is 2.54. The summed E-state index contributed by atoms with van der Waals surface area (Å²) in [5.74, 6) is -0.532. The van der Waals surface area contributed by atoms with Crippen LogP contribution < -0.4 is 4.31 Å². The van der Waals surface area contributed by atoms with Crippen LogP contribution in [0.4, 0.5) is 5.69 Å². The first kappa shape index (κ1) is 17.2. The lowest BCUT2D eigenvalue weighted by Gasteiger charge is -2.21. The Morgan fingerprint density at radius 2 is 1.61 bits per heavy atom. The Labute approximate surface area is 137 Å². The molecule has 0 saturated carbocycles. The summed E-state index contributed by atoms with van der Waals surface area (Å²) in [5, 5.41) is 0. The van der Waals surface area contributed by atoms with Gasteiger partial charge in [0, 0.05) is 6.92 Å². The van der Waals surface area contributed by atoms with Gasteiger partial charge in [-0.1, -0.05) is 43.7 Å². The van der Waals surface area contributed by atoms with E-state index in [-0.39, 0.29) is 4.90 Å². The molecule has 0 unspecified atom stereocenters. The molecule has 122 valence electrons. The predicted octanol–water partition coefficient (Wildman–Crippen LogP) is 3.77. The molecule has 2 rings (SSSR count). The second-order valence-electron chi connectivity index (χ2n) is 5.37. The molecule has 0 radical (unpaired) electrons. The van der Waals surface area contributed by atoms with Crippen LogP contribution in [-0.2, 0) is 21.2 Å². The highest BCUT2D eigenvalue weighted by atomic mass is 32.2.